The Bertz CT molecular complexity index is 756. The molecule has 0 saturated carbocycles. The molecule has 0 aliphatic carbocycles. The van der Waals surface area contributed by atoms with Gasteiger partial charge in [0.2, 0.25) is 11.8 Å². The molecule has 1 unspecified atom stereocenters. The summed E-state index contributed by atoms with van der Waals surface area (Å²) in [6.45, 7) is 0. The van der Waals surface area contributed by atoms with Gasteiger partial charge in [0.25, 0.3) is 5.91 Å². The molecule has 0 bridgehead atoms. The van der Waals surface area contributed by atoms with Crippen LogP contribution in [0.25, 0.3) is 11.1 Å². The van der Waals surface area contributed by atoms with Gasteiger partial charge in [-0.3, -0.25) is 19.7 Å². The number of benzene rings is 2. The Morgan fingerprint density at radius 3 is 2.48 bits per heavy atom. The van der Waals surface area contributed by atoms with Gasteiger partial charge in [0.05, 0.1) is 0 Å². The molecule has 1 atom stereocenters. The van der Waals surface area contributed by atoms with E-state index in [0.29, 0.717) is 12.0 Å². The van der Waals surface area contributed by atoms with Gasteiger partial charge < -0.3 is 5.32 Å². The van der Waals surface area contributed by atoms with Gasteiger partial charge in [0.1, 0.15) is 6.04 Å². The van der Waals surface area contributed by atoms with Crippen molar-refractivity contribution in [2.24, 2.45) is 0 Å². The first-order chi connectivity index (χ1) is 11.1. The highest BCUT2D eigenvalue weighted by Gasteiger charge is 2.28. The van der Waals surface area contributed by atoms with Crippen LogP contribution in [0.5, 0.6) is 0 Å². The minimum absolute atomic E-state index is 0.237. The summed E-state index contributed by atoms with van der Waals surface area (Å²) in [6.07, 6.45) is 0.565. The van der Waals surface area contributed by atoms with Gasteiger partial charge in [-0.15, -0.1) is 0 Å². The second-order valence-corrected chi connectivity index (χ2v) is 5.42. The summed E-state index contributed by atoms with van der Waals surface area (Å²) in [5.74, 6) is -1.07. The minimum Gasteiger partial charge on any atom is -0.340 e. The van der Waals surface area contributed by atoms with Crippen LogP contribution in [0.1, 0.15) is 23.2 Å². The molecule has 3 amide bonds. The lowest BCUT2D eigenvalue weighted by molar-refractivity contribution is -0.134. The third-order valence-corrected chi connectivity index (χ3v) is 3.78. The Labute approximate surface area is 133 Å². The van der Waals surface area contributed by atoms with Crippen LogP contribution in [0, 0.1) is 0 Å². The van der Waals surface area contributed by atoms with E-state index in [4.69, 9.17) is 0 Å². The third-order valence-electron chi connectivity index (χ3n) is 3.78. The summed E-state index contributed by atoms with van der Waals surface area (Å²) in [6, 6.07) is 16.3. The van der Waals surface area contributed by atoms with E-state index < -0.39 is 11.9 Å². The number of hydrogen-bond acceptors (Lipinski definition) is 3. The molecule has 116 valence electrons. The molecule has 5 heteroatoms. The molecule has 23 heavy (non-hydrogen) atoms. The summed E-state index contributed by atoms with van der Waals surface area (Å²) in [5, 5.41) is 4.91. The first-order valence-electron chi connectivity index (χ1n) is 7.43. The molecule has 5 nitrogen and oxygen atoms in total. The fourth-order valence-corrected chi connectivity index (χ4v) is 2.54. The summed E-state index contributed by atoms with van der Waals surface area (Å²) in [5.41, 5.74) is 2.43. The van der Waals surface area contributed by atoms with Crippen molar-refractivity contribution in [3.05, 3.63) is 60.2 Å². The highest BCUT2D eigenvalue weighted by Crippen LogP contribution is 2.20. The Balaban J connectivity index is 1.75. The van der Waals surface area contributed by atoms with Crippen LogP contribution >= 0.6 is 0 Å². The van der Waals surface area contributed by atoms with Gasteiger partial charge >= 0.3 is 0 Å². The van der Waals surface area contributed by atoms with E-state index in [9.17, 15) is 14.4 Å². The molecule has 2 aromatic carbocycles. The van der Waals surface area contributed by atoms with Crippen LogP contribution in [0.4, 0.5) is 0 Å². The van der Waals surface area contributed by atoms with Crippen molar-refractivity contribution < 1.29 is 14.4 Å². The van der Waals surface area contributed by atoms with Crippen molar-refractivity contribution in [1.29, 1.82) is 0 Å². The van der Waals surface area contributed by atoms with Crippen molar-refractivity contribution >= 4 is 17.7 Å². The molecule has 0 spiro atoms. The molecule has 1 aliphatic heterocycles. The average Bonchev–Trinajstić information content (AvgIpc) is 2.58. The molecule has 0 aromatic heterocycles. The van der Waals surface area contributed by atoms with E-state index in [1.165, 1.54) is 0 Å². The molecule has 0 radical (unpaired) electrons. The molecular formula is C18H16N2O3. The van der Waals surface area contributed by atoms with Crippen molar-refractivity contribution in [3.63, 3.8) is 0 Å². The van der Waals surface area contributed by atoms with Gasteiger partial charge in [-0.05, 0) is 29.7 Å². The van der Waals surface area contributed by atoms with Crippen LogP contribution in [0.2, 0.25) is 0 Å². The zero-order valence-electron chi connectivity index (χ0n) is 12.4. The number of carbonyl (C=O) groups is 3. The highest BCUT2D eigenvalue weighted by molar-refractivity contribution is 6.04. The average molecular weight is 308 g/mol. The second-order valence-electron chi connectivity index (χ2n) is 5.42. The first kappa shape index (κ1) is 15.0. The van der Waals surface area contributed by atoms with Crippen molar-refractivity contribution in [3.8, 4) is 11.1 Å². The lowest BCUT2D eigenvalue weighted by Crippen LogP contribution is -2.52. The van der Waals surface area contributed by atoms with Crippen molar-refractivity contribution in [2.75, 3.05) is 0 Å². The number of carbonyl (C=O) groups excluding carboxylic acids is 3. The van der Waals surface area contributed by atoms with E-state index in [0.717, 1.165) is 11.1 Å². The normalized spacial score (nSPS) is 17.5. The highest BCUT2D eigenvalue weighted by atomic mass is 16.2. The molecule has 3 rings (SSSR count). The number of nitrogens with one attached hydrogen (secondary N) is 2. The molecule has 1 saturated heterocycles. The van der Waals surface area contributed by atoms with Crippen LogP contribution < -0.4 is 10.6 Å². The maximum absolute atomic E-state index is 12.3. The summed E-state index contributed by atoms with van der Waals surface area (Å²) >= 11 is 0. The topological polar surface area (TPSA) is 75.3 Å². The fourth-order valence-electron chi connectivity index (χ4n) is 2.54. The zero-order valence-corrected chi connectivity index (χ0v) is 12.4. The number of piperidine rings is 1. The molecule has 2 N–H and O–H groups in total. The van der Waals surface area contributed by atoms with E-state index in [-0.39, 0.29) is 18.2 Å². The lowest BCUT2D eigenvalue weighted by Gasteiger charge is -2.21. The van der Waals surface area contributed by atoms with Gasteiger partial charge in [-0.25, -0.2) is 0 Å². The molecule has 1 fully saturated rings. The predicted octanol–water partition coefficient (Wildman–Crippen LogP) is 1.89. The lowest BCUT2D eigenvalue weighted by atomic mass is 10.0. The maximum atomic E-state index is 12.3. The number of amides is 3. The Hall–Kier alpha value is -2.95. The Kier molecular flexibility index (Phi) is 4.19. The summed E-state index contributed by atoms with van der Waals surface area (Å²) < 4.78 is 0. The van der Waals surface area contributed by atoms with E-state index in [2.05, 4.69) is 10.6 Å². The number of imide groups is 1. The third kappa shape index (κ3) is 3.45. The van der Waals surface area contributed by atoms with Gasteiger partial charge in [0, 0.05) is 12.0 Å². The molecular weight excluding hydrogens is 292 g/mol. The van der Waals surface area contributed by atoms with E-state index >= 15 is 0 Å². The van der Waals surface area contributed by atoms with Gasteiger partial charge in [-0.1, -0.05) is 42.5 Å². The zero-order chi connectivity index (χ0) is 16.2. The van der Waals surface area contributed by atoms with Crippen LogP contribution in [0.3, 0.4) is 0 Å². The quantitative estimate of drug-likeness (QED) is 0.850. The van der Waals surface area contributed by atoms with Crippen molar-refractivity contribution in [1.82, 2.24) is 10.6 Å². The molecule has 1 aliphatic rings. The predicted molar refractivity (Wildman–Crippen MR) is 85.5 cm³/mol. The second kappa shape index (κ2) is 6.44. The molecule has 1 heterocycles. The first-order valence-corrected chi connectivity index (χ1v) is 7.43. The van der Waals surface area contributed by atoms with E-state index in [1.54, 1.807) is 12.1 Å². The standard InChI is InChI=1S/C18H16N2O3/c21-16-10-9-15(18(23)20-16)19-17(22)14-8-4-7-13(11-14)12-5-2-1-3-6-12/h1-8,11,15H,9-10H2,(H,19,22)(H,20,21,23). The van der Waals surface area contributed by atoms with Crippen molar-refractivity contribution in [2.45, 2.75) is 18.9 Å². The number of hydrogen-bond donors (Lipinski definition) is 2. The van der Waals surface area contributed by atoms with Gasteiger partial charge in [0.15, 0.2) is 0 Å². The van der Waals surface area contributed by atoms with Crippen LogP contribution in [0.15, 0.2) is 54.6 Å². The Morgan fingerprint density at radius 1 is 1.00 bits per heavy atom. The molecule has 2 aromatic rings. The van der Waals surface area contributed by atoms with Crippen LogP contribution in [-0.2, 0) is 9.59 Å². The summed E-state index contributed by atoms with van der Waals surface area (Å²) in [4.78, 5) is 35.2. The van der Waals surface area contributed by atoms with E-state index in [1.807, 2.05) is 42.5 Å². The van der Waals surface area contributed by atoms with Gasteiger partial charge in [-0.2, -0.15) is 0 Å². The largest absolute Gasteiger partial charge is 0.340 e. The Morgan fingerprint density at radius 2 is 1.74 bits per heavy atom. The van der Waals surface area contributed by atoms with Crippen LogP contribution in [-0.4, -0.2) is 23.8 Å². The number of rotatable bonds is 3. The monoisotopic (exact) mass is 308 g/mol. The minimum atomic E-state index is -0.666. The SMILES string of the molecule is O=C1CCC(NC(=O)c2cccc(-c3ccccc3)c2)C(=O)N1. The smallest absolute Gasteiger partial charge is 0.251 e. The summed E-state index contributed by atoms with van der Waals surface area (Å²) in [7, 11) is 0. The fraction of sp³-hybridized carbons (Fsp3) is 0.167. The maximum Gasteiger partial charge on any atom is 0.251 e.